The van der Waals surface area contributed by atoms with Crippen LogP contribution >= 0.6 is 0 Å². The Hall–Kier alpha value is -0.940. The van der Waals surface area contributed by atoms with E-state index in [0.717, 1.165) is 12.4 Å². The van der Waals surface area contributed by atoms with Crippen LogP contribution in [0.1, 0.15) is 31.5 Å². The van der Waals surface area contributed by atoms with E-state index in [9.17, 15) is 0 Å². The summed E-state index contributed by atoms with van der Waals surface area (Å²) >= 11 is 0. The third kappa shape index (κ3) is 3.28. The summed E-state index contributed by atoms with van der Waals surface area (Å²) in [6, 6.07) is 0.469. The summed E-state index contributed by atoms with van der Waals surface area (Å²) in [6.07, 6.45) is 2.69. The van der Waals surface area contributed by atoms with Crippen LogP contribution in [0.3, 0.4) is 0 Å². The first-order valence-corrected chi connectivity index (χ1v) is 5.99. The number of rotatable bonds is 5. The number of nitrogens with zero attached hydrogens (tertiary/aromatic N) is 3. The van der Waals surface area contributed by atoms with Gasteiger partial charge in [0.15, 0.2) is 5.82 Å². The fraction of sp³-hybridized carbons (Fsp3) is 0.818. The molecule has 0 saturated carbocycles. The molecular weight excluding hydrogens is 204 g/mol. The van der Waals surface area contributed by atoms with Crippen molar-refractivity contribution < 1.29 is 4.52 Å². The Labute approximate surface area is 96.2 Å². The minimum absolute atomic E-state index is 0.469. The zero-order valence-corrected chi connectivity index (χ0v) is 10.1. The Kier molecular flexibility index (Phi) is 3.90. The van der Waals surface area contributed by atoms with E-state index in [1.165, 1.54) is 25.9 Å². The number of nitrogens with one attached hydrogen (secondary N) is 1. The van der Waals surface area contributed by atoms with Gasteiger partial charge in [-0.15, -0.1) is 0 Å². The van der Waals surface area contributed by atoms with Gasteiger partial charge in [-0.3, -0.25) is 0 Å². The molecule has 1 aromatic rings. The predicted molar refractivity (Wildman–Crippen MR) is 61.0 cm³/mol. The summed E-state index contributed by atoms with van der Waals surface area (Å²) in [4.78, 5) is 6.66. The van der Waals surface area contributed by atoms with Gasteiger partial charge in [-0.25, -0.2) is 0 Å². The molecule has 0 bridgehead atoms. The minimum Gasteiger partial charge on any atom is -0.340 e. The molecule has 0 spiro atoms. The van der Waals surface area contributed by atoms with Gasteiger partial charge in [0.25, 0.3) is 0 Å². The number of likely N-dealkylation sites (tertiary alicyclic amines) is 1. The molecule has 1 aliphatic rings. The molecule has 1 N–H and O–H groups in total. The van der Waals surface area contributed by atoms with Gasteiger partial charge in [0.1, 0.15) is 0 Å². The van der Waals surface area contributed by atoms with Crippen molar-refractivity contribution in [3.05, 3.63) is 11.7 Å². The number of hydrogen-bond acceptors (Lipinski definition) is 5. The van der Waals surface area contributed by atoms with Crippen molar-refractivity contribution in [2.24, 2.45) is 0 Å². The van der Waals surface area contributed by atoms with E-state index in [-0.39, 0.29) is 0 Å². The second-order valence-electron chi connectivity index (χ2n) is 4.52. The Morgan fingerprint density at radius 2 is 2.19 bits per heavy atom. The molecule has 1 unspecified atom stereocenters. The second-order valence-corrected chi connectivity index (χ2v) is 4.52. The zero-order chi connectivity index (χ0) is 11.4. The van der Waals surface area contributed by atoms with Crippen LogP contribution in [0.5, 0.6) is 0 Å². The SMILES string of the molecule is Cc1nc(CNC(C)CN2CCCC2)no1. The highest BCUT2D eigenvalue weighted by molar-refractivity contribution is 4.84. The van der Waals surface area contributed by atoms with Crippen LogP contribution in [0.25, 0.3) is 0 Å². The summed E-state index contributed by atoms with van der Waals surface area (Å²) in [5.41, 5.74) is 0. The van der Waals surface area contributed by atoms with E-state index in [0.29, 0.717) is 18.5 Å². The normalized spacial score (nSPS) is 19.1. The maximum Gasteiger partial charge on any atom is 0.223 e. The maximum atomic E-state index is 4.92. The fourth-order valence-electron chi connectivity index (χ4n) is 2.10. The first kappa shape index (κ1) is 11.5. The van der Waals surface area contributed by atoms with Crippen LogP contribution in [-0.2, 0) is 6.54 Å². The highest BCUT2D eigenvalue weighted by Gasteiger charge is 2.14. The van der Waals surface area contributed by atoms with Crippen molar-refractivity contribution in [3.63, 3.8) is 0 Å². The van der Waals surface area contributed by atoms with Gasteiger partial charge in [0.05, 0.1) is 6.54 Å². The van der Waals surface area contributed by atoms with E-state index in [2.05, 4.69) is 27.3 Å². The van der Waals surface area contributed by atoms with E-state index in [1.54, 1.807) is 0 Å². The molecule has 0 radical (unpaired) electrons. The van der Waals surface area contributed by atoms with Gasteiger partial charge in [0.2, 0.25) is 5.89 Å². The summed E-state index contributed by atoms with van der Waals surface area (Å²) < 4.78 is 4.92. The lowest BCUT2D eigenvalue weighted by molar-refractivity contribution is 0.296. The molecular formula is C11H20N4O. The van der Waals surface area contributed by atoms with Crippen LogP contribution in [-0.4, -0.2) is 40.7 Å². The van der Waals surface area contributed by atoms with E-state index in [4.69, 9.17) is 4.52 Å². The van der Waals surface area contributed by atoms with E-state index in [1.807, 2.05) is 6.92 Å². The average Bonchev–Trinajstić information content (AvgIpc) is 2.87. The Balaban J connectivity index is 1.68. The first-order valence-electron chi connectivity index (χ1n) is 5.99. The second kappa shape index (κ2) is 5.41. The van der Waals surface area contributed by atoms with Gasteiger partial charge in [-0.05, 0) is 32.9 Å². The Bertz CT molecular complexity index is 320. The molecule has 1 atom stereocenters. The fourth-order valence-corrected chi connectivity index (χ4v) is 2.10. The van der Waals surface area contributed by atoms with Gasteiger partial charge in [0, 0.05) is 19.5 Å². The summed E-state index contributed by atoms with van der Waals surface area (Å²) in [7, 11) is 0. The lowest BCUT2D eigenvalue weighted by Gasteiger charge is -2.20. The molecule has 2 heterocycles. The maximum absolute atomic E-state index is 4.92. The highest BCUT2D eigenvalue weighted by Crippen LogP contribution is 2.07. The lowest BCUT2D eigenvalue weighted by Crippen LogP contribution is -2.37. The Morgan fingerprint density at radius 1 is 1.44 bits per heavy atom. The van der Waals surface area contributed by atoms with Crippen LogP contribution in [0, 0.1) is 6.92 Å². The molecule has 1 aliphatic heterocycles. The van der Waals surface area contributed by atoms with Crippen molar-refractivity contribution in [1.82, 2.24) is 20.4 Å². The van der Waals surface area contributed by atoms with Crippen molar-refractivity contribution in [3.8, 4) is 0 Å². The highest BCUT2D eigenvalue weighted by atomic mass is 16.5. The van der Waals surface area contributed by atoms with Gasteiger partial charge < -0.3 is 14.7 Å². The molecule has 5 nitrogen and oxygen atoms in total. The number of aromatic nitrogens is 2. The van der Waals surface area contributed by atoms with Crippen molar-refractivity contribution in [1.29, 1.82) is 0 Å². The van der Waals surface area contributed by atoms with Gasteiger partial charge in [-0.2, -0.15) is 4.98 Å². The van der Waals surface area contributed by atoms with E-state index < -0.39 is 0 Å². The monoisotopic (exact) mass is 224 g/mol. The molecule has 16 heavy (non-hydrogen) atoms. The molecule has 2 rings (SSSR count). The molecule has 5 heteroatoms. The third-order valence-electron chi connectivity index (χ3n) is 2.91. The molecule has 90 valence electrons. The molecule has 0 amide bonds. The van der Waals surface area contributed by atoms with Crippen LogP contribution in [0.2, 0.25) is 0 Å². The molecule has 0 aromatic carbocycles. The van der Waals surface area contributed by atoms with Crippen LogP contribution in [0.4, 0.5) is 0 Å². The van der Waals surface area contributed by atoms with Gasteiger partial charge >= 0.3 is 0 Å². The quantitative estimate of drug-likeness (QED) is 0.807. The topological polar surface area (TPSA) is 54.2 Å². The van der Waals surface area contributed by atoms with Gasteiger partial charge in [-0.1, -0.05) is 5.16 Å². The standard InChI is InChI=1S/C11H20N4O/c1-9(8-15-5-3-4-6-15)12-7-11-13-10(2)16-14-11/h9,12H,3-8H2,1-2H3. The largest absolute Gasteiger partial charge is 0.340 e. The average molecular weight is 224 g/mol. The molecule has 0 aliphatic carbocycles. The van der Waals surface area contributed by atoms with E-state index >= 15 is 0 Å². The molecule has 1 fully saturated rings. The first-order chi connectivity index (χ1) is 7.74. The summed E-state index contributed by atoms with van der Waals surface area (Å²) in [5.74, 6) is 1.37. The van der Waals surface area contributed by atoms with Crippen molar-refractivity contribution in [2.45, 2.75) is 39.3 Å². The molecule has 1 aromatic heterocycles. The van der Waals surface area contributed by atoms with Crippen LogP contribution in [0.15, 0.2) is 4.52 Å². The summed E-state index contributed by atoms with van der Waals surface area (Å²) in [5, 5.41) is 7.27. The minimum atomic E-state index is 0.469. The lowest BCUT2D eigenvalue weighted by atomic mass is 10.3. The zero-order valence-electron chi connectivity index (χ0n) is 10.1. The Morgan fingerprint density at radius 3 is 2.81 bits per heavy atom. The number of aryl methyl sites for hydroxylation is 1. The van der Waals surface area contributed by atoms with Crippen molar-refractivity contribution in [2.75, 3.05) is 19.6 Å². The third-order valence-corrected chi connectivity index (χ3v) is 2.91. The summed E-state index contributed by atoms with van der Waals surface area (Å²) in [6.45, 7) is 8.29. The predicted octanol–water partition coefficient (Wildman–Crippen LogP) is 0.952. The molecule has 1 saturated heterocycles. The number of hydrogen-bond donors (Lipinski definition) is 1. The van der Waals surface area contributed by atoms with Crippen LogP contribution < -0.4 is 5.32 Å². The smallest absolute Gasteiger partial charge is 0.223 e. The van der Waals surface area contributed by atoms with Crippen molar-refractivity contribution >= 4 is 0 Å².